The topological polar surface area (TPSA) is 62.6 Å². The standard InChI is InChI=1S/C19H25N3O3S/c1-4-21(26(3,24)25)14-18(23)22-13-12-20-11-7-10-17(20)19(22)16-9-6-5-8-15(16)2/h5-11,19H,4,12-14H2,1-3H3/t19-/m0/s1. The number of aryl methyl sites for hydroxylation is 1. The Morgan fingerprint density at radius 1 is 1.19 bits per heavy atom. The Labute approximate surface area is 155 Å². The summed E-state index contributed by atoms with van der Waals surface area (Å²) < 4.78 is 27.2. The number of carbonyl (C=O) groups is 1. The Bertz CT molecular complexity index is 904. The van der Waals surface area contributed by atoms with Crippen LogP contribution in [0, 0.1) is 6.92 Å². The van der Waals surface area contributed by atoms with Crippen molar-refractivity contribution in [2.75, 3.05) is 25.9 Å². The largest absolute Gasteiger partial charge is 0.348 e. The van der Waals surface area contributed by atoms with Crippen LogP contribution in [0.15, 0.2) is 42.6 Å². The molecule has 2 heterocycles. The van der Waals surface area contributed by atoms with Gasteiger partial charge in [0.1, 0.15) is 0 Å². The first-order valence-electron chi connectivity index (χ1n) is 8.78. The highest BCUT2D eigenvalue weighted by Gasteiger charge is 2.34. The Hall–Kier alpha value is -2.12. The van der Waals surface area contributed by atoms with Crippen LogP contribution in [0.2, 0.25) is 0 Å². The second-order valence-corrected chi connectivity index (χ2v) is 8.64. The molecule has 1 aromatic carbocycles. The number of amides is 1. The Morgan fingerprint density at radius 2 is 1.92 bits per heavy atom. The van der Waals surface area contributed by atoms with Crippen LogP contribution >= 0.6 is 0 Å². The number of carbonyl (C=O) groups excluding carboxylic acids is 1. The third-order valence-electron chi connectivity index (χ3n) is 4.98. The number of sulfonamides is 1. The summed E-state index contributed by atoms with van der Waals surface area (Å²) in [6.07, 6.45) is 3.17. The van der Waals surface area contributed by atoms with Crippen LogP contribution in [0.3, 0.4) is 0 Å². The van der Waals surface area contributed by atoms with Crippen molar-refractivity contribution in [3.05, 3.63) is 59.4 Å². The highest BCUT2D eigenvalue weighted by Crippen LogP contribution is 2.34. The van der Waals surface area contributed by atoms with Crippen molar-refractivity contribution in [2.24, 2.45) is 0 Å². The predicted molar refractivity (Wildman–Crippen MR) is 101 cm³/mol. The fourth-order valence-electron chi connectivity index (χ4n) is 3.58. The van der Waals surface area contributed by atoms with E-state index in [9.17, 15) is 13.2 Å². The van der Waals surface area contributed by atoms with Gasteiger partial charge >= 0.3 is 0 Å². The molecule has 0 saturated heterocycles. The van der Waals surface area contributed by atoms with Crippen LogP contribution in [0.25, 0.3) is 0 Å². The summed E-state index contributed by atoms with van der Waals surface area (Å²) in [4.78, 5) is 14.9. The number of hydrogen-bond acceptors (Lipinski definition) is 3. The molecule has 3 rings (SSSR count). The van der Waals surface area contributed by atoms with Gasteiger partial charge in [-0.1, -0.05) is 31.2 Å². The first-order chi connectivity index (χ1) is 12.3. The maximum atomic E-state index is 13.1. The summed E-state index contributed by atoms with van der Waals surface area (Å²) in [5.74, 6) is -0.169. The number of benzene rings is 1. The van der Waals surface area contributed by atoms with Gasteiger partial charge in [-0.15, -0.1) is 0 Å². The molecule has 1 aliphatic rings. The lowest BCUT2D eigenvalue weighted by molar-refractivity contribution is -0.134. The molecule has 1 aromatic heterocycles. The SMILES string of the molecule is CCN(CC(=O)N1CCn2cccc2[C@@H]1c1ccccc1C)S(C)(=O)=O. The van der Waals surface area contributed by atoms with Gasteiger partial charge in [-0.25, -0.2) is 8.42 Å². The summed E-state index contributed by atoms with van der Waals surface area (Å²) in [6.45, 7) is 5.20. The van der Waals surface area contributed by atoms with E-state index in [0.29, 0.717) is 13.1 Å². The van der Waals surface area contributed by atoms with E-state index in [-0.39, 0.29) is 25.0 Å². The van der Waals surface area contributed by atoms with Gasteiger partial charge in [0, 0.05) is 31.5 Å². The van der Waals surface area contributed by atoms with Gasteiger partial charge in [-0.05, 0) is 30.2 Å². The first-order valence-corrected chi connectivity index (χ1v) is 10.6. The Balaban J connectivity index is 1.98. The zero-order valence-electron chi connectivity index (χ0n) is 15.4. The fraction of sp³-hybridized carbons (Fsp3) is 0.421. The van der Waals surface area contributed by atoms with Gasteiger partial charge in [0.25, 0.3) is 0 Å². The van der Waals surface area contributed by atoms with Crippen molar-refractivity contribution in [1.29, 1.82) is 0 Å². The number of rotatable bonds is 5. The molecule has 2 aromatic rings. The lowest BCUT2D eigenvalue weighted by Crippen LogP contribution is -2.47. The fourth-order valence-corrected chi connectivity index (χ4v) is 4.39. The van der Waals surface area contributed by atoms with Gasteiger partial charge in [0.05, 0.1) is 18.8 Å². The van der Waals surface area contributed by atoms with Crippen molar-refractivity contribution in [1.82, 2.24) is 13.8 Å². The van der Waals surface area contributed by atoms with E-state index in [2.05, 4.69) is 4.57 Å². The molecular formula is C19H25N3O3S. The van der Waals surface area contributed by atoms with E-state index >= 15 is 0 Å². The number of nitrogens with zero attached hydrogens (tertiary/aromatic N) is 3. The molecular weight excluding hydrogens is 350 g/mol. The van der Waals surface area contributed by atoms with E-state index in [1.807, 2.05) is 54.4 Å². The second-order valence-electron chi connectivity index (χ2n) is 6.66. The summed E-state index contributed by atoms with van der Waals surface area (Å²) in [7, 11) is -3.41. The van der Waals surface area contributed by atoms with Crippen LogP contribution in [0.5, 0.6) is 0 Å². The molecule has 1 aliphatic heterocycles. The zero-order chi connectivity index (χ0) is 18.9. The van der Waals surface area contributed by atoms with Crippen LogP contribution < -0.4 is 0 Å². The maximum absolute atomic E-state index is 13.1. The number of fused-ring (bicyclic) bond motifs is 1. The van der Waals surface area contributed by atoms with Crippen molar-refractivity contribution < 1.29 is 13.2 Å². The lowest BCUT2D eigenvalue weighted by Gasteiger charge is -2.38. The summed E-state index contributed by atoms with van der Waals surface area (Å²) >= 11 is 0. The molecule has 6 nitrogen and oxygen atoms in total. The van der Waals surface area contributed by atoms with Crippen LogP contribution in [0.4, 0.5) is 0 Å². The molecule has 0 saturated carbocycles. The van der Waals surface area contributed by atoms with Gasteiger partial charge < -0.3 is 9.47 Å². The molecule has 0 N–H and O–H groups in total. The van der Waals surface area contributed by atoms with Crippen LogP contribution in [-0.2, 0) is 21.4 Å². The van der Waals surface area contributed by atoms with Crippen molar-refractivity contribution >= 4 is 15.9 Å². The molecule has 0 fully saturated rings. The minimum Gasteiger partial charge on any atom is -0.348 e. The summed E-state index contributed by atoms with van der Waals surface area (Å²) in [5, 5.41) is 0. The number of likely N-dealkylation sites (N-methyl/N-ethyl adjacent to an activating group) is 1. The molecule has 26 heavy (non-hydrogen) atoms. The van der Waals surface area contributed by atoms with Gasteiger partial charge in [0.15, 0.2) is 0 Å². The third-order valence-corrected chi connectivity index (χ3v) is 6.30. The molecule has 0 radical (unpaired) electrons. The minimum absolute atomic E-state index is 0.127. The van der Waals surface area contributed by atoms with E-state index in [0.717, 1.165) is 23.1 Å². The Kier molecular flexibility index (Phi) is 5.20. The number of hydrogen-bond donors (Lipinski definition) is 0. The van der Waals surface area contributed by atoms with Gasteiger partial charge in [-0.3, -0.25) is 4.79 Å². The van der Waals surface area contributed by atoms with Gasteiger partial charge in [0.2, 0.25) is 15.9 Å². The van der Waals surface area contributed by atoms with Crippen molar-refractivity contribution in [3.63, 3.8) is 0 Å². The van der Waals surface area contributed by atoms with Crippen molar-refractivity contribution in [2.45, 2.75) is 26.4 Å². The molecule has 140 valence electrons. The van der Waals surface area contributed by atoms with Gasteiger partial charge in [-0.2, -0.15) is 4.31 Å². The average Bonchev–Trinajstić information content (AvgIpc) is 3.07. The highest BCUT2D eigenvalue weighted by molar-refractivity contribution is 7.88. The zero-order valence-corrected chi connectivity index (χ0v) is 16.2. The average molecular weight is 375 g/mol. The predicted octanol–water partition coefficient (Wildman–Crippen LogP) is 2.01. The van der Waals surface area contributed by atoms with Crippen LogP contribution in [-0.4, -0.2) is 54.0 Å². The highest BCUT2D eigenvalue weighted by atomic mass is 32.2. The van der Waals surface area contributed by atoms with E-state index in [4.69, 9.17) is 0 Å². The molecule has 0 unspecified atom stereocenters. The lowest BCUT2D eigenvalue weighted by atomic mass is 9.95. The molecule has 1 atom stereocenters. The van der Waals surface area contributed by atoms with E-state index < -0.39 is 10.0 Å². The molecule has 7 heteroatoms. The molecule has 1 amide bonds. The summed E-state index contributed by atoms with van der Waals surface area (Å²) in [6, 6.07) is 11.8. The molecule has 0 aliphatic carbocycles. The van der Waals surface area contributed by atoms with E-state index in [1.54, 1.807) is 6.92 Å². The minimum atomic E-state index is -3.41. The first kappa shape index (κ1) is 18.7. The monoisotopic (exact) mass is 375 g/mol. The number of aromatic nitrogens is 1. The normalized spacial score (nSPS) is 17.4. The quantitative estimate of drug-likeness (QED) is 0.803. The van der Waals surface area contributed by atoms with Crippen LogP contribution in [0.1, 0.15) is 29.8 Å². The second kappa shape index (κ2) is 7.25. The van der Waals surface area contributed by atoms with E-state index in [1.165, 1.54) is 4.31 Å². The molecule has 0 spiro atoms. The smallest absolute Gasteiger partial charge is 0.238 e. The third kappa shape index (κ3) is 3.54. The maximum Gasteiger partial charge on any atom is 0.238 e. The van der Waals surface area contributed by atoms with Crippen molar-refractivity contribution in [3.8, 4) is 0 Å². The summed E-state index contributed by atoms with van der Waals surface area (Å²) in [5.41, 5.74) is 3.24. The molecule has 0 bridgehead atoms. The Morgan fingerprint density at radius 3 is 2.58 bits per heavy atom.